The summed E-state index contributed by atoms with van der Waals surface area (Å²) in [6.45, 7) is 4.96. The minimum atomic E-state index is 0.760. The van der Waals surface area contributed by atoms with Gasteiger partial charge in [-0.25, -0.2) is 0 Å². The maximum Gasteiger partial charge on any atom is 0.0577 e. The molecule has 0 bridgehead atoms. The molecule has 0 aliphatic heterocycles. The average Bonchev–Trinajstić information content (AvgIpc) is 2.28. The predicted octanol–water partition coefficient (Wildman–Crippen LogP) is 4.36. The second-order valence-electron chi connectivity index (χ2n) is 3.77. The molecule has 0 saturated carbocycles. The molecule has 0 radical (unpaired) electrons. The topological polar surface area (TPSA) is 38.0 Å². The Hall–Kier alpha value is -1.22. The number of benzene rings is 1. The maximum atomic E-state index is 5.93. The molecule has 0 fully saturated rings. The van der Waals surface area contributed by atoms with Gasteiger partial charge in [-0.05, 0) is 37.1 Å². The standard InChI is InChI=1S/C14H19BrN2/c1-3-5-11(6-4-2)10-17-14-8-7-12(15)9-13(14)16/h3,5-9,17H,4,10,16H2,1-2H3/b5-3-,11-6+. The van der Waals surface area contributed by atoms with E-state index >= 15 is 0 Å². The third-order valence-corrected chi connectivity index (χ3v) is 2.84. The van der Waals surface area contributed by atoms with E-state index in [0.717, 1.165) is 28.8 Å². The molecule has 0 heterocycles. The molecule has 92 valence electrons. The Bertz CT molecular complexity index is 422. The van der Waals surface area contributed by atoms with Crippen LogP contribution in [0.25, 0.3) is 0 Å². The maximum absolute atomic E-state index is 5.93. The van der Waals surface area contributed by atoms with Crippen LogP contribution in [0.3, 0.4) is 0 Å². The van der Waals surface area contributed by atoms with Crippen molar-refractivity contribution < 1.29 is 0 Å². The zero-order valence-electron chi connectivity index (χ0n) is 10.3. The quantitative estimate of drug-likeness (QED) is 0.626. The number of rotatable bonds is 5. The Labute approximate surface area is 112 Å². The molecule has 0 aromatic heterocycles. The fourth-order valence-corrected chi connectivity index (χ4v) is 1.95. The van der Waals surface area contributed by atoms with Gasteiger partial charge in [-0.2, -0.15) is 0 Å². The summed E-state index contributed by atoms with van der Waals surface area (Å²) in [5.41, 5.74) is 8.93. The molecule has 3 heteroatoms. The Morgan fingerprint density at radius 1 is 1.47 bits per heavy atom. The normalized spacial score (nSPS) is 12.1. The molecule has 17 heavy (non-hydrogen) atoms. The summed E-state index contributed by atoms with van der Waals surface area (Å²) in [4.78, 5) is 0. The molecule has 2 nitrogen and oxygen atoms in total. The molecule has 0 atom stereocenters. The Morgan fingerprint density at radius 3 is 2.82 bits per heavy atom. The van der Waals surface area contributed by atoms with Gasteiger partial charge in [0.05, 0.1) is 11.4 Å². The molecule has 0 aliphatic carbocycles. The molecule has 1 rings (SSSR count). The first kappa shape index (κ1) is 13.8. The van der Waals surface area contributed by atoms with Crippen molar-refractivity contribution in [3.05, 3.63) is 46.5 Å². The van der Waals surface area contributed by atoms with Crippen molar-refractivity contribution >= 4 is 27.3 Å². The molecule has 0 amide bonds. The largest absolute Gasteiger partial charge is 0.397 e. The van der Waals surface area contributed by atoms with Gasteiger partial charge in [0.25, 0.3) is 0 Å². The van der Waals surface area contributed by atoms with E-state index in [1.807, 2.05) is 31.2 Å². The molecular formula is C14H19BrN2. The second-order valence-corrected chi connectivity index (χ2v) is 4.69. The van der Waals surface area contributed by atoms with E-state index in [2.05, 4.69) is 40.3 Å². The van der Waals surface area contributed by atoms with Crippen LogP contribution in [-0.2, 0) is 0 Å². The van der Waals surface area contributed by atoms with Gasteiger partial charge in [-0.3, -0.25) is 0 Å². The van der Waals surface area contributed by atoms with Crippen molar-refractivity contribution in [3.8, 4) is 0 Å². The van der Waals surface area contributed by atoms with Crippen molar-refractivity contribution in [1.29, 1.82) is 0 Å². The van der Waals surface area contributed by atoms with E-state index in [1.165, 1.54) is 5.57 Å². The van der Waals surface area contributed by atoms with Crippen LogP contribution in [0.15, 0.2) is 46.5 Å². The van der Waals surface area contributed by atoms with Crippen LogP contribution < -0.4 is 11.1 Å². The number of halogens is 1. The number of anilines is 2. The number of hydrogen-bond acceptors (Lipinski definition) is 2. The highest BCUT2D eigenvalue weighted by Crippen LogP contribution is 2.23. The van der Waals surface area contributed by atoms with Crippen LogP contribution in [0.1, 0.15) is 20.3 Å². The first-order valence-electron chi connectivity index (χ1n) is 5.78. The molecule has 1 aromatic carbocycles. The lowest BCUT2D eigenvalue weighted by Crippen LogP contribution is -2.05. The van der Waals surface area contributed by atoms with Gasteiger partial charge < -0.3 is 11.1 Å². The van der Waals surface area contributed by atoms with Gasteiger partial charge in [-0.1, -0.05) is 41.1 Å². The number of hydrogen-bond donors (Lipinski definition) is 2. The third kappa shape index (κ3) is 4.65. The fourth-order valence-electron chi connectivity index (χ4n) is 1.57. The molecule has 0 saturated heterocycles. The lowest BCUT2D eigenvalue weighted by molar-refractivity contribution is 1.16. The van der Waals surface area contributed by atoms with Crippen molar-refractivity contribution in [2.24, 2.45) is 0 Å². The zero-order chi connectivity index (χ0) is 12.7. The van der Waals surface area contributed by atoms with Gasteiger partial charge in [0.1, 0.15) is 0 Å². The van der Waals surface area contributed by atoms with Crippen LogP contribution in [0.5, 0.6) is 0 Å². The van der Waals surface area contributed by atoms with Gasteiger partial charge >= 0.3 is 0 Å². The molecule has 1 aromatic rings. The Morgan fingerprint density at radius 2 is 2.24 bits per heavy atom. The van der Waals surface area contributed by atoms with Crippen LogP contribution in [0.4, 0.5) is 11.4 Å². The summed E-state index contributed by atoms with van der Waals surface area (Å²) >= 11 is 3.40. The van der Waals surface area contributed by atoms with E-state index in [9.17, 15) is 0 Å². The summed E-state index contributed by atoms with van der Waals surface area (Å²) in [6.07, 6.45) is 7.42. The lowest BCUT2D eigenvalue weighted by Gasteiger charge is -2.10. The molecule has 3 N–H and O–H groups in total. The highest BCUT2D eigenvalue weighted by atomic mass is 79.9. The lowest BCUT2D eigenvalue weighted by atomic mass is 10.2. The highest BCUT2D eigenvalue weighted by molar-refractivity contribution is 9.10. The summed E-state index contributed by atoms with van der Waals surface area (Å²) in [5.74, 6) is 0. The van der Waals surface area contributed by atoms with E-state index < -0.39 is 0 Å². The van der Waals surface area contributed by atoms with Crippen molar-refractivity contribution in [2.45, 2.75) is 20.3 Å². The zero-order valence-corrected chi connectivity index (χ0v) is 11.9. The average molecular weight is 295 g/mol. The summed E-state index contributed by atoms with van der Waals surface area (Å²) in [5, 5.41) is 3.34. The summed E-state index contributed by atoms with van der Waals surface area (Å²) in [6, 6.07) is 5.87. The van der Waals surface area contributed by atoms with Gasteiger partial charge in [-0.15, -0.1) is 0 Å². The molecule has 0 aliphatic rings. The van der Waals surface area contributed by atoms with Crippen LogP contribution in [0.2, 0.25) is 0 Å². The van der Waals surface area contributed by atoms with Crippen LogP contribution in [-0.4, -0.2) is 6.54 Å². The van der Waals surface area contributed by atoms with E-state index in [1.54, 1.807) is 0 Å². The van der Waals surface area contributed by atoms with Gasteiger partial charge in [0.2, 0.25) is 0 Å². The van der Waals surface area contributed by atoms with Gasteiger partial charge in [0.15, 0.2) is 0 Å². The van der Waals surface area contributed by atoms with Crippen LogP contribution >= 0.6 is 15.9 Å². The fraction of sp³-hybridized carbons (Fsp3) is 0.286. The number of nitrogens with two attached hydrogens (primary N) is 1. The highest BCUT2D eigenvalue weighted by Gasteiger charge is 1.99. The predicted molar refractivity (Wildman–Crippen MR) is 80.2 cm³/mol. The Balaban J connectivity index is 2.68. The van der Waals surface area contributed by atoms with E-state index in [-0.39, 0.29) is 0 Å². The summed E-state index contributed by atoms with van der Waals surface area (Å²) in [7, 11) is 0. The molecular weight excluding hydrogens is 276 g/mol. The minimum absolute atomic E-state index is 0.760. The first-order chi connectivity index (χ1) is 8.17. The SMILES string of the molecule is C/C=C\C(=C/CC)CNc1ccc(Br)cc1N. The summed E-state index contributed by atoms with van der Waals surface area (Å²) < 4.78 is 0.998. The van der Waals surface area contributed by atoms with E-state index in [4.69, 9.17) is 5.73 Å². The van der Waals surface area contributed by atoms with Gasteiger partial charge in [0, 0.05) is 11.0 Å². The number of nitrogens with one attached hydrogen (secondary N) is 1. The Kier molecular flexibility index (Phi) is 5.84. The van der Waals surface area contributed by atoms with Crippen LogP contribution in [0, 0.1) is 0 Å². The third-order valence-electron chi connectivity index (χ3n) is 2.34. The van der Waals surface area contributed by atoms with Crippen molar-refractivity contribution in [2.75, 3.05) is 17.6 Å². The van der Waals surface area contributed by atoms with E-state index in [0.29, 0.717) is 0 Å². The molecule has 0 unspecified atom stereocenters. The van der Waals surface area contributed by atoms with Crippen molar-refractivity contribution in [3.63, 3.8) is 0 Å². The number of nitrogen functional groups attached to an aromatic ring is 1. The van der Waals surface area contributed by atoms with Crippen molar-refractivity contribution in [1.82, 2.24) is 0 Å². The molecule has 0 spiro atoms. The first-order valence-corrected chi connectivity index (χ1v) is 6.57. The smallest absolute Gasteiger partial charge is 0.0577 e. The monoisotopic (exact) mass is 294 g/mol. The second kappa shape index (κ2) is 7.17. The minimum Gasteiger partial charge on any atom is -0.397 e. The number of allylic oxidation sites excluding steroid dienone is 2.